The predicted octanol–water partition coefficient (Wildman–Crippen LogP) is 2.13. The topological polar surface area (TPSA) is 172 Å². The van der Waals surface area contributed by atoms with Gasteiger partial charge in [-0.2, -0.15) is 0 Å². The number of nitrogens with one attached hydrogen (secondary N) is 5. The quantitative estimate of drug-likeness (QED) is 0.189. The van der Waals surface area contributed by atoms with Gasteiger partial charge in [0.2, 0.25) is 23.6 Å². The van der Waals surface area contributed by atoms with Crippen molar-refractivity contribution in [1.29, 1.82) is 0 Å². The monoisotopic (exact) mass is 613 g/mol. The number of rotatable bonds is 15. The van der Waals surface area contributed by atoms with E-state index in [1.54, 1.807) is 51.1 Å². The average molecular weight is 614 g/mol. The maximum atomic E-state index is 13.5. The third-order valence-corrected chi connectivity index (χ3v) is 6.90. The lowest BCUT2D eigenvalue weighted by Gasteiger charge is -2.27. The predicted molar refractivity (Wildman–Crippen MR) is 165 cm³/mol. The lowest BCUT2D eigenvalue weighted by Crippen LogP contribution is -2.58. The summed E-state index contributed by atoms with van der Waals surface area (Å²) in [5.74, 6) is -2.18. The summed E-state index contributed by atoms with van der Waals surface area (Å²) in [6.07, 6.45) is 3.19. The fraction of sp³-hybridized carbons (Fsp3) is 0.562. The van der Waals surface area contributed by atoms with Gasteiger partial charge in [-0.15, -0.1) is 0 Å². The number of amides is 5. The van der Waals surface area contributed by atoms with E-state index in [1.165, 1.54) is 13.0 Å². The van der Waals surface area contributed by atoms with Crippen molar-refractivity contribution in [3.63, 3.8) is 0 Å². The minimum Gasteiger partial charge on any atom is -0.445 e. The molecule has 5 N–H and O–H groups in total. The van der Waals surface area contributed by atoms with Crippen molar-refractivity contribution in [2.75, 3.05) is 13.1 Å². The van der Waals surface area contributed by atoms with Crippen LogP contribution in [-0.2, 0) is 35.3 Å². The number of carbonyl (C=O) groups is 6. The smallest absolute Gasteiger partial charge is 0.408 e. The number of ketones is 1. The van der Waals surface area contributed by atoms with Gasteiger partial charge in [-0.25, -0.2) is 4.79 Å². The largest absolute Gasteiger partial charge is 0.445 e. The molecule has 0 saturated carbocycles. The Bertz CT molecular complexity index is 1190. The van der Waals surface area contributed by atoms with Crippen molar-refractivity contribution in [3.8, 4) is 0 Å². The van der Waals surface area contributed by atoms with Crippen LogP contribution in [0.2, 0.25) is 0 Å². The van der Waals surface area contributed by atoms with E-state index in [9.17, 15) is 28.8 Å². The van der Waals surface area contributed by atoms with E-state index in [0.717, 1.165) is 5.56 Å². The van der Waals surface area contributed by atoms with Gasteiger partial charge in [-0.05, 0) is 43.7 Å². The van der Waals surface area contributed by atoms with Crippen molar-refractivity contribution in [2.45, 2.75) is 85.5 Å². The third-order valence-electron chi connectivity index (χ3n) is 6.90. The molecule has 1 saturated heterocycles. The molecule has 1 aromatic rings. The highest BCUT2D eigenvalue weighted by atomic mass is 16.5. The fourth-order valence-corrected chi connectivity index (χ4v) is 4.45. The molecule has 0 radical (unpaired) electrons. The van der Waals surface area contributed by atoms with Crippen LogP contribution in [0, 0.1) is 17.3 Å². The van der Waals surface area contributed by atoms with E-state index in [1.807, 2.05) is 19.9 Å². The molecule has 1 aliphatic heterocycles. The van der Waals surface area contributed by atoms with Crippen LogP contribution in [0.4, 0.5) is 4.79 Å². The van der Waals surface area contributed by atoms with Gasteiger partial charge in [0.05, 0.1) is 0 Å². The lowest BCUT2D eigenvalue weighted by molar-refractivity contribution is -0.131. The highest BCUT2D eigenvalue weighted by Crippen LogP contribution is 2.18. The molecule has 1 fully saturated rings. The number of allylic oxidation sites excluding steroid dienone is 1. The molecule has 12 nitrogen and oxygen atoms in total. The zero-order chi connectivity index (χ0) is 32.9. The van der Waals surface area contributed by atoms with Crippen LogP contribution in [0.3, 0.4) is 0 Å². The van der Waals surface area contributed by atoms with Crippen molar-refractivity contribution >= 4 is 35.5 Å². The Balaban J connectivity index is 2.19. The molecule has 242 valence electrons. The normalized spacial score (nSPS) is 16.9. The number of ether oxygens (including phenoxy) is 1. The molecule has 0 aliphatic carbocycles. The Morgan fingerprint density at radius 1 is 1.00 bits per heavy atom. The third kappa shape index (κ3) is 13.0. The highest BCUT2D eigenvalue weighted by Gasteiger charge is 2.32. The van der Waals surface area contributed by atoms with Gasteiger partial charge in [-0.1, -0.05) is 71.0 Å². The first kappa shape index (κ1) is 36.0. The molecule has 0 bridgehead atoms. The SMILES string of the molecule is CC(=O)C=CC(CC1CCNC1=O)NC(=O)C(CC(C)C)NC(=O)C(CNC(=O)C(C)(C)C)NC(=O)OCc1ccccc1. The molecular weight excluding hydrogens is 566 g/mol. The first-order chi connectivity index (χ1) is 20.6. The van der Waals surface area contributed by atoms with E-state index in [4.69, 9.17) is 4.74 Å². The van der Waals surface area contributed by atoms with Gasteiger partial charge in [0.25, 0.3) is 0 Å². The molecule has 5 amide bonds. The molecule has 1 heterocycles. The van der Waals surface area contributed by atoms with Gasteiger partial charge < -0.3 is 31.3 Å². The molecule has 0 aromatic heterocycles. The summed E-state index contributed by atoms with van der Waals surface area (Å²) in [5, 5.41) is 13.5. The van der Waals surface area contributed by atoms with E-state index in [2.05, 4.69) is 26.6 Å². The maximum Gasteiger partial charge on any atom is 0.408 e. The Kier molecular flexibility index (Phi) is 14.0. The van der Waals surface area contributed by atoms with Gasteiger partial charge in [0.15, 0.2) is 5.78 Å². The number of hydrogen-bond donors (Lipinski definition) is 5. The summed E-state index contributed by atoms with van der Waals surface area (Å²) in [7, 11) is 0. The summed E-state index contributed by atoms with van der Waals surface area (Å²) < 4.78 is 5.28. The second-order valence-corrected chi connectivity index (χ2v) is 12.5. The van der Waals surface area contributed by atoms with Crippen LogP contribution in [0.25, 0.3) is 0 Å². The van der Waals surface area contributed by atoms with E-state index in [-0.39, 0.29) is 49.0 Å². The molecule has 4 unspecified atom stereocenters. The molecule has 12 heteroatoms. The molecule has 1 aliphatic rings. The Hall–Kier alpha value is -4.22. The zero-order valence-corrected chi connectivity index (χ0v) is 26.5. The first-order valence-corrected chi connectivity index (χ1v) is 15.0. The van der Waals surface area contributed by atoms with Gasteiger partial charge in [-0.3, -0.25) is 24.0 Å². The van der Waals surface area contributed by atoms with E-state index < -0.39 is 41.4 Å². The second-order valence-electron chi connectivity index (χ2n) is 12.5. The first-order valence-electron chi connectivity index (χ1n) is 15.0. The summed E-state index contributed by atoms with van der Waals surface area (Å²) >= 11 is 0. The summed E-state index contributed by atoms with van der Waals surface area (Å²) in [4.78, 5) is 76.0. The number of benzene rings is 1. The Morgan fingerprint density at radius 2 is 1.66 bits per heavy atom. The Labute approximate surface area is 259 Å². The lowest BCUT2D eigenvalue weighted by atomic mass is 9.95. The van der Waals surface area contributed by atoms with E-state index >= 15 is 0 Å². The summed E-state index contributed by atoms with van der Waals surface area (Å²) in [5.41, 5.74) is 0.00915. The zero-order valence-electron chi connectivity index (χ0n) is 26.5. The van der Waals surface area contributed by atoms with Crippen LogP contribution in [0.5, 0.6) is 0 Å². The molecular formula is C32H47N5O7. The van der Waals surface area contributed by atoms with Crippen molar-refractivity contribution in [1.82, 2.24) is 26.6 Å². The standard InChI is InChI=1S/C32H47N5O7/c1-20(2)16-25(28(40)35-24(13-12-21(3)38)17-23-14-15-33-27(23)39)36-29(41)26(18-34-30(42)32(4,5)6)37-31(43)44-19-22-10-8-7-9-11-22/h7-13,20,23-26H,14-19H2,1-6H3,(H,33,39)(H,34,42)(H,35,40)(H,36,41)(H,37,43). The number of carbonyl (C=O) groups excluding carboxylic acids is 6. The number of hydrogen-bond acceptors (Lipinski definition) is 7. The van der Waals surface area contributed by atoms with Crippen LogP contribution in [-0.4, -0.2) is 66.7 Å². The van der Waals surface area contributed by atoms with Crippen LogP contribution < -0.4 is 26.6 Å². The summed E-state index contributed by atoms with van der Waals surface area (Å²) in [6, 6.07) is 6.13. The Morgan fingerprint density at radius 3 is 2.23 bits per heavy atom. The maximum absolute atomic E-state index is 13.5. The van der Waals surface area contributed by atoms with Gasteiger partial charge in [0, 0.05) is 30.5 Å². The molecule has 44 heavy (non-hydrogen) atoms. The molecule has 4 atom stereocenters. The van der Waals surface area contributed by atoms with Crippen LogP contribution >= 0.6 is 0 Å². The second kappa shape index (κ2) is 17.2. The fourth-order valence-electron chi connectivity index (χ4n) is 4.45. The summed E-state index contributed by atoms with van der Waals surface area (Å²) in [6.45, 7) is 10.6. The minimum absolute atomic E-state index is 0.000659. The van der Waals surface area contributed by atoms with Crippen molar-refractivity contribution in [3.05, 3.63) is 48.0 Å². The minimum atomic E-state index is -1.25. The van der Waals surface area contributed by atoms with Crippen LogP contribution in [0.15, 0.2) is 42.5 Å². The molecule has 2 rings (SSSR count). The van der Waals surface area contributed by atoms with Gasteiger partial charge >= 0.3 is 6.09 Å². The highest BCUT2D eigenvalue weighted by molar-refractivity contribution is 5.92. The molecule has 1 aromatic carbocycles. The number of alkyl carbamates (subject to hydrolysis) is 1. The van der Waals surface area contributed by atoms with Crippen LogP contribution in [0.1, 0.15) is 66.4 Å². The van der Waals surface area contributed by atoms with Crippen molar-refractivity contribution in [2.24, 2.45) is 17.3 Å². The van der Waals surface area contributed by atoms with E-state index in [0.29, 0.717) is 19.4 Å². The van der Waals surface area contributed by atoms with Crippen molar-refractivity contribution < 1.29 is 33.5 Å². The molecule has 0 spiro atoms. The average Bonchev–Trinajstić information content (AvgIpc) is 3.35. The van der Waals surface area contributed by atoms with Gasteiger partial charge in [0.1, 0.15) is 18.7 Å².